The summed E-state index contributed by atoms with van der Waals surface area (Å²) >= 11 is 0. The van der Waals surface area contributed by atoms with E-state index in [4.69, 9.17) is 0 Å². The first-order valence-corrected chi connectivity index (χ1v) is 11.6. The number of ketones is 1. The first-order valence-electron chi connectivity index (χ1n) is 11.6. The van der Waals surface area contributed by atoms with E-state index in [-0.39, 0.29) is 30.0 Å². The van der Waals surface area contributed by atoms with Crippen molar-refractivity contribution in [2.24, 2.45) is 23.7 Å². The van der Waals surface area contributed by atoms with Gasteiger partial charge < -0.3 is 14.9 Å². The Kier molecular flexibility index (Phi) is 10.4. The van der Waals surface area contributed by atoms with E-state index in [9.17, 15) is 19.8 Å². The zero-order valence-electron chi connectivity index (χ0n) is 18.2. The maximum Gasteiger partial charge on any atom is 0.305 e. The van der Waals surface area contributed by atoms with Gasteiger partial charge in [-0.15, -0.1) is 0 Å². The van der Waals surface area contributed by atoms with Gasteiger partial charge in [-0.1, -0.05) is 57.6 Å². The fraction of sp³-hybridized carbons (Fsp3) is 0.833. The second kappa shape index (κ2) is 12.5. The highest BCUT2D eigenvalue weighted by atomic mass is 16.5. The molecule has 0 aromatic carbocycles. The lowest BCUT2D eigenvalue weighted by atomic mass is 9.77. The minimum atomic E-state index is -0.634. The highest BCUT2D eigenvalue weighted by Crippen LogP contribution is 2.36. The van der Waals surface area contributed by atoms with Gasteiger partial charge in [-0.2, -0.15) is 0 Å². The molecule has 29 heavy (non-hydrogen) atoms. The molecule has 2 aliphatic carbocycles. The van der Waals surface area contributed by atoms with Crippen LogP contribution in [0.15, 0.2) is 12.2 Å². The Bertz CT molecular complexity index is 543. The molecule has 0 saturated heterocycles. The summed E-state index contributed by atoms with van der Waals surface area (Å²) in [6.45, 7) is 2.22. The largest absolute Gasteiger partial charge is 0.469 e. The number of rotatable bonds is 11. The molecule has 2 fully saturated rings. The van der Waals surface area contributed by atoms with Gasteiger partial charge in [0.15, 0.2) is 0 Å². The summed E-state index contributed by atoms with van der Waals surface area (Å²) in [7, 11) is 1.40. The monoisotopic (exact) mass is 408 g/mol. The van der Waals surface area contributed by atoms with Crippen molar-refractivity contribution in [3.8, 4) is 0 Å². The third-order valence-corrected chi connectivity index (χ3v) is 7.02. The van der Waals surface area contributed by atoms with Gasteiger partial charge >= 0.3 is 5.97 Å². The second-order valence-electron chi connectivity index (χ2n) is 9.03. The molecule has 0 amide bonds. The van der Waals surface area contributed by atoms with Crippen molar-refractivity contribution < 1.29 is 24.5 Å². The van der Waals surface area contributed by atoms with Crippen molar-refractivity contribution in [1.29, 1.82) is 0 Å². The normalized spacial score (nSPS) is 31.3. The van der Waals surface area contributed by atoms with E-state index in [1.807, 2.05) is 12.2 Å². The summed E-state index contributed by atoms with van der Waals surface area (Å²) < 4.78 is 4.64. The van der Waals surface area contributed by atoms with Crippen molar-refractivity contribution >= 4 is 11.8 Å². The lowest BCUT2D eigenvalue weighted by molar-refractivity contribution is -0.140. The fourth-order valence-corrected chi connectivity index (χ4v) is 5.09. The first kappa shape index (κ1) is 24.1. The van der Waals surface area contributed by atoms with E-state index >= 15 is 0 Å². The zero-order valence-corrected chi connectivity index (χ0v) is 18.2. The molecular weight excluding hydrogens is 368 g/mol. The molecule has 0 aliphatic heterocycles. The minimum Gasteiger partial charge on any atom is -0.469 e. The average Bonchev–Trinajstić information content (AvgIpc) is 3.00. The van der Waals surface area contributed by atoms with Crippen LogP contribution in [0, 0.1) is 23.7 Å². The van der Waals surface area contributed by atoms with Crippen LogP contribution in [0.5, 0.6) is 0 Å². The number of hydrogen-bond acceptors (Lipinski definition) is 5. The molecule has 0 aromatic heterocycles. The number of methoxy groups -OCH3 is 1. The highest BCUT2D eigenvalue weighted by Gasteiger charge is 2.39. The molecule has 2 rings (SSSR count). The second-order valence-corrected chi connectivity index (χ2v) is 9.03. The maximum atomic E-state index is 12.4. The smallest absolute Gasteiger partial charge is 0.305 e. The number of aliphatic hydroxyl groups excluding tert-OH is 2. The van der Waals surface area contributed by atoms with Gasteiger partial charge in [0, 0.05) is 24.7 Å². The van der Waals surface area contributed by atoms with Crippen LogP contribution in [0.2, 0.25) is 0 Å². The van der Waals surface area contributed by atoms with Crippen molar-refractivity contribution in [2.75, 3.05) is 7.11 Å². The predicted molar refractivity (Wildman–Crippen MR) is 113 cm³/mol. The van der Waals surface area contributed by atoms with Crippen molar-refractivity contribution in [1.82, 2.24) is 0 Å². The Hall–Kier alpha value is -1.20. The molecule has 2 N–H and O–H groups in total. The number of Topliss-reactive ketones (excluding diaryl/α,β-unsaturated/α-hetero) is 1. The number of unbranched alkanes of at least 4 members (excludes halogenated alkanes) is 3. The van der Waals surface area contributed by atoms with E-state index in [1.165, 1.54) is 26.4 Å². The summed E-state index contributed by atoms with van der Waals surface area (Å²) in [6, 6.07) is 0. The number of aliphatic hydroxyl groups is 2. The predicted octanol–water partition coefficient (Wildman–Crippen LogP) is 4.20. The Morgan fingerprint density at radius 2 is 2.00 bits per heavy atom. The maximum absolute atomic E-state index is 12.4. The third-order valence-electron chi connectivity index (χ3n) is 7.02. The average molecular weight is 409 g/mol. The number of carbonyl (C=O) groups excluding carboxylic acids is 2. The van der Waals surface area contributed by atoms with Gasteiger partial charge in [0.2, 0.25) is 0 Å². The van der Waals surface area contributed by atoms with E-state index < -0.39 is 12.2 Å². The Labute approximate surface area is 175 Å². The number of carbonyl (C=O) groups is 2. The van der Waals surface area contributed by atoms with Crippen molar-refractivity contribution in [3.05, 3.63) is 12.2 Å². The van der Waals surface area contributed by atoms with E-state index in [0.29, 0.717) is 18.3 Å². The van der Waals surface area contributed by atoms with Crippen LogP contribution >= 0.6 is 0 Å². The zero-order chi connectivity index (χ0) is 21.2. The summed E-state index contributed by atoms with van der Waals surface area (Å²) in [4.78, 5) is 23.5. The molecule has 0 spiro atoms. The summed E-state index contributed by atoms with van der Waals surface area (Å²) in [6.07, 6.45) is 13.5. The van der Waals surface area contributed by atoms with Crippen LogP contribution in [0.3, 0.4) is 0 Å². The van der Waals surface area contributed by atoms with E-state index in [0.717, 1.165) is 44.9 Å². The van der Waals surface area contributed by atoms with Gasteiger partial charge in [0.05, 0.1) is 19.3 Å². The molecular formula is C24H40O5. The van der Waals surface area contributed by atoms with Gasteiger partial charge in [0.1, 0.15) is 5.78 Å². The number of ether oxygens (including phenoxy) is 1. The number of hydrogen-bond donors (Lipinski definition) is 2. The van der Waals surface area contributed by atoms with Crippen LogP contribution in [-0.2, 0) is 14.3 Å². The van der Waals surface area contributed by atoms with Crippen LogP contribution in [-0.4, -0.2) is 41.3 Å². The topological polar surface area (TPSA) is 83.8 Å². The van der Waals surface area contributed by atoms with Crippen molar-refractivity contribution in [3.63, 3.8) is 0 Å². The lowest BCUT2D eigenvalue weighted by Crippen LogP contribution is -2.26. The molecule has 5 heteroatoms. The summed E-state index contributed by atoms with van der Waals surface area (Å²) in [5.41, 5.74) is 0. The summed E-state index contributed by atoms with van der Waals surface area (Å²) in [5, 5.41) is 21.0. The SMILES string of the molecule is CCC1CCCC([C@H](O)C=C[C@H]2[C@H](O)CC(=O)[C@@H]2CCCCCCC(=O)OC)C1. The van der Waals surface area contributed by atoms with Crippen LogP contribution in [0.1, 0.15) is 84.0 Å². The molecule has 6 atom stereocenters. The first-order chi connectivity index (χ1) is 14.0. The molecule has 166 valence electrons. The van der Waals surface area contributed by atoms with Gasteiger partial charge in [-0.05, 0) is 37.5 Å². The van der Waals surface area contributed by atoms with Crippen molar-refractivity contribution in [2.45, 2.75) is 96.2 Å². The van der Waals surface area contributed by atoms with E-state index in [2.05, 4.69) is 11.7 Å². The fourth-order valence-electron chi connectivity index (χ4n) is 5.09. The molecule has 0 aromatic rings. The third kappa shape index (κ3) is 7.53. The van der Waals surface area contributed by atoms with Gasteiger partial charge in [-0.25, -0.2) is 0 Å². The molecule has 5 nitrogen and oxygen atoms in total. The highest BCUT2D eigenvalue weighted by molar-refractivity contribution is 5.84. The molecule has 0 heterocycles. The van der Waals surface area contributed by atoms with Gasteiger partial charge in [-0.3, -0.25) is 9.59 Å². The molecule has 2 saturated carbocycles. The van der Waals surface area contributed by atoms with E-state index in [1.54, 1.807) is 0 Å². The minimum absolute atomic E-state index is 0.139. The standard InChI is InChI=1S/C24H40O5/c1-3-17-9-8-10-18(15-17)21(25)14-13-20-19(22(26)16-23(20)27)11-6-4-5-7-12-24(28)29-2/h13-14,17-21,23,25,27H,3-12,15-16H2,1-2H3/t17?,18?,19-,20-,21-,23-/m1/s1. The Morgan fingerprint density at radius 3 is 2.72 bits per heavy atom. The molecule has 2 unspecified atom stereocenters. The Morgan fingerprint density at radius 1 is 1.24 bits per heavy atom. The van der Waals surface area contributed by atoms with Crippen LogP contribution in [0.4, 0.5) is 0 Å². The summed E-state index contributed by atoms with van der Waals surface area (Å²) in [5.74, 6) is 0.641. The van der Waals surface area contributed by atoms with Crippen LogP contribution in [0.25, 0.3) is 0 Å². The van der Waals surface area contributed by atoms with Crippen LogP contribution < -0.4 is 0 Å². The lowest BCUT2D eigenvalue weighted by Gasteiger charge is -2.30. The Balaban J connectivity index is 1.80. The quantitative estimate of drug-likeness (QED) is 0.304. The molecule has 0 radical (unpaired) electrons. The molecule has 2 aliphatic rings. The molecule has 0 bridgehead atoms. The van der Waals surface area contributed by atoms with Gasteiger partial charge in [0.25, 0.3) is 0 Å². The number of esters is 1.